The second-order valence-corrected chi connectivity index (χ2v) is 8.05. The first kappa shape index (κ1) is 22.1. The van der Waals surface area contributed by atoms with Crippen molar-refractivity contribution >= 4 is 52.1 Å². The van der Waals surface area contributed by atoms with E-state index in [1.165, 1.54) is 11.3 Å². The van der Waals surface area contributed by atoms with Gasteiger partial charge in [-0.25, -0.2) is 4.98 Å². The lowest BCUT2D eigenvalue weighted by Gasteiger charge is -2.08. The van der Waals surface area contributed by atoms with Crippen LogP contribution < -0.4 is 10.1 Å². The van der Waals surface area contributed by atoms with Gasteiger partial charge in [-0.05, 0) is 31.2 Å². The molecular weight excluding hydrogens is 447 g/mol. The van der Waals surface area contributed by atoms with Gasteiger partial charge < -0.3 is 14.8 Å². The molecule has 0 saturated heterocycles. The Kier molecular flexibility index (Phi) is 7.68. The molecule has 30 heavy (non-hydrogen) atoms. The predicted molar refractivity (Wildman–Crippen MR) is 117 cm³/mol. The van der Waals surface area contributed by atoms with E-state index in [0.29, 0.717) is 23.0 Å². The molecule has 1 aromatic heterocycles. The van der Waals surface area contributed by atoms with Gasteiger partial charge in [0.15, 0.2) is 6.61 Å². The summed E-state index contributed by atoms with van der Waals surface area (Å²) < 4.78 is 10.7. The van der Waals surface area contributed by atoms with Crippen LogP contribution in [0.2, 0.25) is 10.0 Å². The summed E-state index contributed by atoms with van der Waals surface area (Å²) in [6.07, 6.45) is -0.0355. The first-order chi connectivity index (χ1) is 14.4. The zero-order chi connectivity index (χ0) is 21.5. The van der Waals surface area contributed by atoms with Crippen LogP contribution in [0, 0.1) is 6.92 Å². The van der Waals surface area contributed by atoms with Gasteiger partial charge in [0.2, 0.25) is 0 Å². The second kappa shape index (κ2) is 10.4. The molecule has 0 spiro atoms. The summed E-state index contributed by atoms with van der Waals surface area (Å²) >= 11 is 13.3. The average Bonchev–Trinajstić information content (AvgIpc) is 3.17. The number of esters is 1. The summed E-state index contributed by atoms with van der Waals surface area (Å²) in [6, 6.07) is 12.6. The minimum Gasteiger partial charge on any atom is -0.486 e. The van der Waals surface area contributed by atoms with E-state index in [1.807, 2.05) is 31.2 Å². The Hall–Kier alpha value is -2.61. The number of aromatic nitrogens is 1. The van der Waals surface area contributed by atoms with Crippen LogP contribution in [0.15, 0.2) is 47.8 Å². The summed E-state index contributed by atoms with van der Waals surface area (Å²) in [7, 11) is 0. The van der Waals surface area contributed by atoms with Gasteiger partial charge in [-0.15, -0.1) is 11.3 Å². The molecule has 0 fully saturated rings. The van der Waals surface area contributed by atoms with Gasteiger partial charge in [0.1, 0.15) is 17.4 Å². The molecule has 0 unspecified atom stereocenters. The number of rotatable bonds is 8. The molecular formula is C21H18Cl2N2O4S. The first-order valence-electron chi connectivity index (χ1n) is 8.93. The molecule has 0 saturated carbocycles. The predicted octanol–water partition coefficient (Wildman–Crippen LogP) is 5.06. The third-order valence-corrected chi connectivity index (χ3v) is 5.59. The maximum Gasteiger partial charge on any atom is 0.312 e. The van der Waals surface area contributed by atoms with E-state index in [0.717, 1.165) is 16.3 Å². The van der Waals surface area contributed by atoms with Gasteiger partial charge in [-0.1, -0.05) is 47.0 Å². The summed E-state index contributed by atoms with van der Waals surface area (Å²) in [5.74, 6) is -0.320. The Labute approximate surface area is 187 Å². The summed E-state index contributed by atoms with van der Waals surface area (Å²) in [4.78, 5) is 28.3. The second-order valence-electron chi connectivity index (χ2n) is 6.32. The number of carbonyl (C=O) groups is 2. The number of halogens is 2. The van der Waals surface area contributed by atoms with Gasteiger partial charge in [-0.3, -0.25) is 9.59 Å². The fourth-order valence-corrected chi connectivity index (χ4v) is 3.46. The number of benzene rings is 2. The van der Waals surface area contributed by atoms with Crippen molar-refractivity contribution in [3.8, 4) is 5.75 Å². The highest BCUT2D eigenvalue weighted by Gasteiger charge is 2.13. The van der Waals surface area contributed by atoms with Crippen LogP contribution in [0.1, 0.15) is 16.3 Å². The van der Waals surface area contributed by atoms with E-state index in [1.54, 1.807) is 23.6 Å². The fraction of sp³-hybridized carbons (Fsp3) is 0.190. The largest absolute Gasteiger partial charge is 0.486 e. The molecule has 1 amide bonds. The highest BCUT2D eigenvalue weighted by atomic mass is 35.5. The van der Waals surface area contributed by atoms with Crippen LogP contribution in [0.25, 0.3) is 0 Å². The van der Waals surface area contributed by atoms with E-state index in [2.05, 4.69) is 10.3 Å². The molecule has 6 nitrogen and oxygen atoms in total. The normalized spacial score (nSPS) is 10.5. The number of thiazole rings is 1. The Morgan fingerprint density at radius 2 is 1.90 bits per heavy atom. The number of amides is 1. The number of nitrogens with zero attached hydrogens (tertiary/aromatic N) is 1. The number of hydrogen-bond donors (Lipinski definition) is 1. The molecule has 1 heterocycles. The number of carbonyl (C=O) groups excluding carboxylic acids is 2. The molecule has 156 valence electrons. The van der Waals surface area contributed by atoms with Crippen LogP contribution in [-0.4, -0.2) is 23.5 Å². The van der Waals surface area contributed by atoms with Crippen molar-refractivity contribution in [2.75, 3.05) is 11.9 Å². The van der Waals surface area contributed by atoms with Crippen LogP contribution in [-0.2, 0) is 27.4 Å². The molecule has 0 aliphatic heterocycles. The van der Waals surface area contributed by atoms with Crippen LogP contribution in [0.4, 0.5) is 5.69 Å². The monoisotopic (exact) mass is 464 g/mol. The van der Waals surface area contributed by atoms with Gasteiger partial charge in [-0.2, -0.15) is 0 Å². The third-order valence-electron chi connectivity index (χ3n) is 3.90. The van der Waals surface area contributed by atoms with E-state index < -0.39 is 18.5 Å². The lowest BCUT2D eigenvalue weighted by molar-refractivity contribution is -0.146. The topological polar surface area (TPSA) is 77.5 Å². The fourth-order valence-electron chi connectivity index (χ4n) is 2.41. The number of ether oxygens (including phenoxy) is 2. The first-order valence-corrected chi connectivity index (χ1v) is 10.6. The van der Waals surface area contributed by atoms with Crippen LogP contribution in [0.5, 0.6) is 5.75 Å². The molecule has 3 aromatic rings. The van der Waals surface area contributed by atoms with Gasteiger partial charge in [0.25, 0.3) is 5.91 Å². The summed E-state index contributed by atoms with van der Waals surface area (Å²) in [5, 5.41) is 5.60. The minimum absolute atomic E-state index is 0.0355. The number of nitrogens with one attached hydrogen (secondary N) is 1. The van der Waals surface area contributed by atoms with E-state index >= 15 is 0 Å². The van der Waals surface area contributed by atoms with Crippen molar-refractivity contribution in [2.45, 2.75) is 20.0 Å². The molecule has 1 N–H and O–H groups in total. The zero-order valence-electron chi connectivity index (χ0n) is 16.0. The molecule has 3 rings (SSSR count). The van der Waals surface area contributed by atoms with Crippen molar-refractivity contribution in [2.24, 2.45) is 0 Å². The third kappa shape index (κ3) is 6.45. The smallest absolute Gasteiger partial charge is 0.312 e. The Bertz CT molecular complexity index is 1040. The SMILES string of the molecule is Cc1ccc(OCc2nc(CC(=O)OCC(=O)Nc3cccc(Cl)c3Cl)cs2)cc1. The zero-order valence-corrected chi connectivity index (χ0v) is 18.3. The van der Waals surface area contributed by atoms with Crippen molar-refractivity contribution in [3.63, 3.8) is 0 Å². The molecule has 0 bridgehead atoms. The Morgan fingerprint density at radius 1 is 1.13 bits per heavy atom. The summed E-state index contributed by atoms with van der Waals surface area (Å²) in [6.45, 7) is 1.88. The average molecular weight is 465 g/mol. The minimum atomic E-state index is -0.557. The van der Waals surface area contributed by atoms with Gasteiger partial charge in [0.05, 0.1) is 27.8 Å². The number of anilines is 1. The highest BCUT2D eigenvalue weighted by molar-refractivity contribution is 7.09. The molecule has 2 aromatic carbocycles. The van der Waals surface area contributed by atoms with E-state index in [-0.39, 0.29) is 11.4 Å². The van der Waals surface area contributed by atoms with Gasteiger partial charge >= 0.3 is 5.97 Å². The maximum absolute atomic E-state index is 12.0. The standard InChI is InChI=1S/C21H18Cl2N2O4S/c1-13-5-7-15(8-6-13)28-11-19-24-14(12-30-19)9-20(27)29-10-18(26)25-17-4-2-3-16(22)21(17)23/h2-8,12H,9-11H2,1H3,(H,25,26). The molecule has 9 heteroatoms. The van der Waals surface area contributed by atoms with Crippen LogP contribution in [0.3, 0.4) is 0 Å². The number of aryl methyl sites for hydroxylation is 1. The van der Waals surface area contributed by atoms with Crippen LogP contribution >= 0.6 is 34.5 Å². The lowest BCUT2D eigenvalue weighted by atomic mass is 10.2. The van der Waals surface area contributed by atoms with E-state index in [4.69, 9.17) is 32.7 Å². The highest BCUT2D eigenvalue weighted by Crippen LogP contribution is 2.29. The lowest BCUT2D eigenvalue weighted by Crippen LogP contribution is -2.21. The van der Waals surface area contributed by atoms with Crippen molar-refractivity contribution in [1.29, 1.82) is 0 Å². The Morgan fingerprint density at radius 3 is 2.67 bits per heavy atom. The summed E-state index contributed by atoms with van der Waals surface area (Å²) in [5.41, 5.74) is 2.07. The van der Waals surface area contributed by atoms with E-state index in [9.17, 15) is 9.59 Å². The van der Waals surface area contributed by atoms with Crippen molar-refractivity contribution in [1.82, 2.24) is 4.98 Å². The van der Waals surface area contributed by atoms with Crippen molar-refractivity contribution in [3.05, 3.63) is 74.2 Å². The molecule has 0 aliphatic carbocycles. The van der Waals surface area contributed by atoms with Gasteiger partial charge in [0, 0.05) is 5.38 Å². The molecule has 0 atom stereocenters. The molecule has 0 aliphatic rings. The Balaban J connectivity index is 1.43. The quantitative estimate of drug-likeness (QED) is 0.471. The van der Waals surface area contributed by atoms with Crippen molar-refractivity contribution < 1.29 is 19.1 Å². The maximum atomic E-state index is 12.0. The number of hydrogen-bond acceptors (Lipinski definition) is 6. The molecule has 0 radical (unpaired) electrons.